The zero-order valence-electron chi connectivity index (χ0n) is 10.7. The summed E-state index contributed by atoms with van der Waals surface area (Å²) in [5, 5.41) is 8.82. The molecule has 0 radical (unpaired) electrons. The first-order valence-electron chi connectivity index (χ1n) is 5.63. The Hall–Kier alpha value is -1.47. The van der Waals surface area contributed by atoms with Crippen molar-refractivity contribution >= 4 is 16.0 Å². The van der Waals surface area contributed by atoms with Crippen molar-refractivity contribution < 1.29 is 22.7 Å². The Morgan fingerprint density at radius 3 is 2.47 bits per heavy atom. The van der Waals surface area contributed by atoms with Crippen molar-refractivity contribution in [1.82, 2.24) is 4.31 Å². The van der Waals surface area contributed by atoms with Crippen molar-refractivity contribution in [3.05, 3.63) is 35.6 Å². The molecule has 0 heterocycles. The van der Waals surface area contributed by atoms with Crippen LogP contribution in [0.25, 0.3) is 0 Å². The summed E-state index contributed by atoms with van der Waals surface area (Å²) in [6.07, 6.45) is 0.975. The van der Waals surface area contributed by atoms with Gasteiger partial charge in [0.2, 0.25) is 10.0 Å². The van der Waals surface area contributed by atoms with Gasteiger partial charge < -0.3 is 5.11 Å². The molecule has 1 aromatic carbocycles. The molecule has 0 bridgehead atoms. The Balaban J connectivity index is 2.94. The highest BCUT2D eigenvalue weighted by Gasteiger charge is 2.23. The minimum absolute atomic E-state index is 0.177. The predicted molar refractivity (Wildman–Crippen MR) is 68.5 cm³/mol. The second kappa shape index (κ2) is 6.12. The van der Waals surface area contributed by atoms with E-state index in [0.717, 1.165) is 10.6 Å². The average molecular weight is 289 g/mol. The highest BCUT2D eigenvalue weighted by Crippen LogP contribution is 2.14. The fourth-order valence-electron chi connectivity index (χ4n) is 1.52. The molecule has 0 aliphatic rings. The summed E-state index contributed by atoms with van der Waals surface area (Å²) in [4.78, 5) is 10.8. The third kappa shape index (κ3) is 4.60. The Labute approximate surface area is 111 Å². The molecule has 19 heavy (non-hydrogen) atoms. The number of halogens is 1. The van der Waals surface area contributed by atoms with Gasteiger partial charge in [0.05, 0.1) is 12.2 Å². The molecule has 0 saturated carbocycles. The van der Waals surface area contributed by atoms with Crippen LogP contribution in [0.2, 0.25) is 0 Å². The lowest BCUT2D eigenvalue weighted by atomic mass is 10.1. The Kier molecular flexibility index (Phi) is 5.02. The number of hydrogen-bond donors (Lipinski definition) is 1. The van der Waals surface area contributed by atoms with Gasteiger partial charge in [-0.25, -0.2) is 12.8 Å². The van der Waals surface area contributed by atoms with Crippen molar-refractivity contribution in [2.75, 3.05) is 12.8 Å². The molecular formula is C12H16FNO4S. The van der Waals surface area contributed by atoms with Crippen LogP contribution in [0, 0.1) is 11.7 Å². The van der Waals surface area contributed by atoms with Gasteiger partial charge in [-0.05, 0) is 6.07 Å². The first kappa shape index (κ1) is 15.6. The number of carboxylic acid groups (broad SMARTS) is 1. The molecule has 0 saturated heterocycles. The predicted octanol–water partition coefficient (Wildman–Crippen LogP) is 1.31. The Morgan fingerprint density at radius 1 is 1.42 bits per heavy atom. The maximum atomic E-state index is 13.5. The number of aliphatic carboxylic acids is 1. The van der Waals surface area contributed by atoms with Crippen LogP contribution in [0.4, 0.5) is 4.39 Å². The smallest absolute Gasteiger partial charge is 0.307 e. The fourth-order valence-corrected chi connectivity index (χ4v) is 2.39. The highest BCUT2D eigenvalue weighted by molar-refractivity contribution is 7.88. The number of nitrogens with zero attached hydrogens (tertiary/aromatic N) is 1. The van der Waals surface area contributed by atoms with Crippen LogP contribution in [-0.4, -0.2) is 36.6 Å². The van der Waals surface area contributed by atoms with E-state index in [-0.39, 0.29) is 18.7 Å². The van der Waals surface area contributed by atoms with E-state index in [9.17, 15) is 17.6 Å². The summed E-state index contributed by atoms with van der Waals surface area (Å²) < 4.78 is 37.7. The second-order valence-electron chi connectivity index (χ2n) is 4.39. The minimum Gasteiger partial charge on any atom is -0.481 e. The quantitative estimate of drug-likeness (QED) is 0.856. The largest absolute Gasteiger partial charge is 0.481 e. The van der Waals surface area contributed by atoms with Gasteiger partial charge in [0.15, 0.2) is 0 Å². The fraction of sp³-hybridized carbons (Fsp3) is 0.417. The van der Waals surface area contributed by atoms with Crippen molar-refractivity contribution in [3.8, 4) is 0 Å². The SMILES string of the molecule is CC(CN(Cc1ccccc1F)S(C)(=O)=O)C(=O)O. The molecule has 7 heteroatoms. The van der Waals surface area contributed by atoms with Gasteiger partial charge in [-0.15, -0.1) is 0 Å². The number of rotatable bonds is 6. The van der Waals surface area contributed by atoms with Crippen molar-refractivity contribution in [2.24, 2.45) is 5.92 Å². The summed E-state index contributed by atoms with van der Waals surface area (Å²) >= 11 is 0. The monoisotopic (exact) mass is 289 g/mol. The molecule has 0 aromatic heterocycles. The summed E-state index contributed by atoms with van der Waals surface area (Å²) in [6.45, 7) is 1.04. The first-order chi connectivity index (χ1) is 8.71. The van der Waals surface area contributed by atoms with E-state index in [0.29, 0.717) is 0 Å². The maximum absolute atomic E-state index is 13.5. The van der Waals surface area contributed by atoms with E-state index in [2.05, 4.69) is 0 Å². The number of benzene rings is 1. The van der Waals surface area contributed by atoms with E-state index in [1.807, 2.05) is 0 Å². The van der Waals surface area contributed by atoms with Crippen LogP contribution in [0.5, 0.6) is 0 Å². The zero-order valence-corrected chi connectivity index (χ0v) is 11.5. The van der Waals surface area contributed by atoms with Crippen LogP contribution >= 0.6 is 0 Å². The number of hydrogen-bond acceptors (Lipinski definition) is 3. The molecule has 0 aliphatic heterocycles. The number of sulfonamides is 1. The van der Waals surface area contributed by atoms with E-state index in [1.165, 1.54) is 25.1 Å². The third-order valence-electron chi connectivity index (χ3n) is 2.67. The molecular weight excluding hydrogens is 273 g/mol. The van der Waals surface area contributed by atoms with Crippen LogP contribution in [0.15, 0.2) is 24.3 Å². The lowest BCUT2D eigenvalue weighted by Gasteiger charge is -2.22. The van der Waals surface area contributed by atoms with Crippen LogP contribution in [0.1, 0.15) is 12.5 Å². The van der Waals surface area contributed by atoms with Gasteiger partial charge in [-0.2, -0.15) is 4.31 Å². The molecule has 1 unspecified atom stereocenters. The van der Waals surface area contributed by atoms with Crippen LogP contribution < -0.4 is 0 Å². The molecule has 0 aliphatic carbocycles. The van der Waals surface area contributed by atoms with Gasteiger partial charge in [-0.1, -0.05) is 25.1 Å². The van der Waals surface area contributed by atoms with Gasteiger partial charge in [-0.3, -0.25) is 4.79 Å². The standard InChI is InChI=1S/C12H16FNO4S/c1-9(12(15)16)7-14(19(2,17)18)8-10-5-3-4-6-11(10)13/h3-6,9H,7-8H2,1-2H3,(H,15,16). The summed E-state index contributed by atoms with van der Waals surface area (Å²) in [5.74, 6) is -2.47. The minimum atomic E-state index is -3.61. The summed E-state index contributed by atoms with van der Waals surface area (Å²) in [6, 6.07) is 5.80. The van der Waals surface area contributed by atoms with Crippen LogP contribution in [0.3, 0.4) is 0 Å². The molecule has 0 spiro atoms. The number of carbonyl (C=O) groups is 1. The van der Waals surface area contributed by atoms with Crippen molar-refractivity contribution in [1.29, 1.82) is 0 Å². The topological polar surface area (TPSA) is 74.7 Å². The van der Waals surface area contributed by atoms with E-state index < -0.39 is 27.7 Å². The third-order valence-corrected chi connectivity index (χ3v) is 3.89. The molecule has 0 amide bonds. The molecule has 1 aromatic rings. The number of carboxylic acids is 1. The molecule has 1 atom stereocenters. The van der Waals surface area contributed by atoms with Crippen molar-refractivity contribution in [3.63, 3.8) is 0 Å². The van der Waals surface area contributed by atoms with Gasteiger partial charge in [0.1, 0.15) is 5.82 Å². The lowest BCUT2D eigenvalue weighted by Crippen LogP contribution is -2.36. The maximum Gasteiger partial charge on any atom is 0.307 e. The molecule has 5 nitrogen and oxygen atoms in total. The van der Waals surface area contributed by atoms with Gasteiger partial charge in [0, 0.05) is 18.7 Å². The Bertz CT molecular complexity index is 559. The first-order valence-corrected chi connectivity index (χ1v) is 7.48. The average Bonchev–Trinajstić information content (AvgIpc) is 2.29. The molecule has 0 fully saturated rings. The van der Waals surface area contributed by atoms with Gasteiger partial charge >= 0.3 is 5.97 Å². The molecule has 1 rings (SSSR count). The second-order valence-corrected chi connectivity index (χ2v) is 6.37. The normalized spacial score (nSPS) is 13.5. The van der Waals surface area contributed by atoms with Gasteiger partial charge in [0.25, 0.3) is 0 Å². The van der Waals surface area contributed by atoms with E-state index in [4.69, 9.17) is 5.11 Å². The zero-order chi connectivity index (χ0) is 14.6. The summed E-state index contributed by atoms with van der Waals surface area (Å²) in [5.41, 5.74) is 0.213. The van der Waals surface area contributed by atoms with E-state index in [1.54, 1.807) is 6.07 Å². The van der Waals surface area contributed by atoms with Crippen LogP contribution in [-0.2, 0) is 21.4 Å². The van der Waals surface area contributed by atoms with Crippen molar-refractivity contribution in [2.45, 2.75) is 13.5 Å². The molecule has 106 valence electrons. The van der Waals surface area contributed by atoms with E-state index >= 15 is 0 Å². The highest BCUT2D eigenvalue weighted by atomic mass is 32.2. The summed E-state index contributed by atoms with van der Waals surface area (Å²) in [7, 11) is -3.61. The Morgan fingerprint density at radius 2 is 2.00 bits per heavy atom. The lowest BCUT2D eigenvalue weighted by molar-refractivity contribution is -0.141. The molecule has 1 N–H and O–H groups in total.